The summed E-state index contributed by atoms with van der Waals surface area (Å²) in [6, 6.07) is 5.12. The molecule has 1 atom stereocenters. The van der Waals surface area contributed by atoms with E-state index in [1.54, 1.807) is 23.1 Å². The molecule has 0 aliphatic carbocycles. The van der Waals surface area contributed by atoms with Crippen LogP contribution in [0.4, 0.5) is 4.79 Å². The number of β-amino-alcohol motifs (C(OH)–C–C–N with tert-alkyl or cyclic N) is 1. The molecule has 1 saturated heterocycles. The minimum absolute atomic E-state index is 0.152. The van der Waals surface area contributed by atoms with Crippen molar-refractivity contribution in [3.05, 3.63) is 24.0 Å². The van der Waals surface area contributed by atoms with Gasteiger partial charge in [-0.1, -0.05) is 5.16 Å². The lowest BCUT2D eigenvalue weighted by molar-refractivity contribution is 0.0841. The summed E-state index contributed by atoms with van der Waals surface area (Å²) in [5.41, 5.74) is 0.716. The molecule has 2 aliphatic heterocycles. The molecule has 4 rings (SSSR count). The molecule has 9 heteroatoms. The predicted molar refractivity (Wildman–Crippen MR) is 84.9 cm³/mol. The van der Waals surface area contributed by atoms with Crippen molar-refractivity contribution in [2.24, 2.45) is 0 Å². The molecule has 0 spiro atoms. The van der Waals surface area contributed by atoms with Gasteiger partial charge < -0.3 is 29.3 Å². The molecular formula is C16H18N4O5. The fourth-order valence-corrected chi connectivity index (χ4v) is 2.88. The zero-order chi connectivity index (χ0) is 17.2. The highest BCUT2D eigenvalue weighted by Crippen LogP contribution is 2.35. The number of piperidine rings is 1. The number of urea groups is 1. The van der Waals surface area contributed by atoms with Gasteiger partial charge in [-0.25, -0.2) is 4.79 Å². The predicted octanol–water partition coefficient (Wildman–Crippen LogP) is 1.13. The SMILES string of the molecule is O=C(NCc1noc(-c2ccc3c(c2)OCO3)n1)N1CCC[C@@H](O)C1. The minimum Gasteiger partial charge on any atom is -0.454 e. The average Bonchev–Trinajstić information content (AvgIpc) is 3.28. The first kappa shape index (κ1) is 15.7. The van der Waals surface area contributed by atoms with Gasteiger partial charge >= 0.3 is 6.03 Å². The maximum atomic E-state index is 12.1. The lowest BCUT2D eigenvalue weighted by Crippen LogP contribution is -2.46. The van der Waals surface area contributed by atoms with Crippen LogP contribution < -0.4 is 14.8 Å². The molecule has 3 heterocycles. The number of amides is 2. The molecule has 2 N–H and O–H groups in total. The van der Waals surface area contributed by atoms with Crippen LogP contribution in [0, 0.1) is 0 Å². The van der Waals surface area contributed by atoms with Crippen LogP contribution in [-0.2, 0) is 6.54 Å². The number of hydrogen-bond donors (Lipinski definition) is 2. The third-order valence-electron chi connectivity index (χ3n) is 4.17. The molecule has 0 bridgehead atoms. The molecule has 2 amide bonds. The molecule has 0 saturated carbocycles. The molecule has 1 aromatic carbocycles. The van der Waals surface area contributed by atoms with Gasteiger partial charge in [-0.05, 0) is 31.0 Å². The molecular weight excluding hydrogens is 328 g/mol. The molecule has 2 aliphatic rings. The highest BCUT2D eigenvalue weighted by Gasteiger charge is 2.22. The number of aliphatic hydroxyl groups is 1. The zero-order valence-corrected chi connectivity index (χ0v) is 13.5. The first-order chi connectivity index (χ1) is 12.2. The molecule has 1 aromatic heterocycles. The van der Waals surface area contributed by atoms with Crippen LogP contribution in [0.3, 0.4) is 0 Å². The third-order valence-corrected chi connectivity index (χ3v) is 4.17. The fourth-order valence-electron chi connectivity index (χ4n) is 2.88. The van der Waals surface area contributed by atoms with Gasteiger partial charge in [0, 0.05) is 18.7 Å². The number of rotatable bonds is 3. The van der Waals surface area contributed by atoms with Crippen LogP contribution >= 0.6 is 0 Å². The van der Waals surface area contributed by atoms with Gasteiger partial charge in [0.2, 0.25) is 6.79 Å². The first-order valence-corrected chi connectivity index (χ1v) is 8.12. The van der Waals surface area contributed by atoms with E-state index in [4.69, 9.17) is 14.0 Å². The van der Waals surface area contributed by atoms with Crippen molar-refractivity contribution in [2.75, 3.05) is 19.9 Å². The first-order valence-electron chi connectivity index (χ1n) is 8.12. The standard InChI is InChI=1S/C16H18N4O5/c21-11-2-1-5-20(8-11)16(22)17-7-14-18-15(25-19-14)10-3-4-12-13(6-10)24-9-23-12/h3-4,6,11,21H,1-2,5,7-9H2,(H,17,22)/t11-/m1/s1. The van der Waals surface area contributed by atoms with E-state index >= 15 is 0 Å². The van der Waals surface area contributed by atoms with E-state index in [9.17, 15) is 9.90 Å². The lowest BCUT2D eigenvalue weighted by atomic mass is 10.1. The molecule has 25 heavy (non-hydrogen) atoms. The summed E-state index contributed by atoms with van der Waals surface area (Å²) < 4.78 is 15.8. The Bertz CT molecular complexity index is 778. The van der Waals surface area contributed by atoms with Crippen molar-refractivity contribution in [1.29, 1.82) is 0 Å². The summed E-state index contributed by atoms with van der Waals surface area (Å²) in [5, 5.41) is 16.2. The summed E-state index contributed by atoms with van der Waals surface area (Å²) >= 11 is 0. The topological polar surface area (TPSA) is 110 Å². The van der Waals surface area contributed by atoms with Crippen molar-refractivity contribution in [3.63, 3.8) is 0 Å². The van der Waals surface area contributed by atoms with Gasteiger partial charge in [-0.15, -0.1) is 0 Å². The number of hydrogen-bond acceptors (Lipinski definition) is 7. The van der Waals surface area contributed by atoms with Crippen LogP contribution in [0.25, 0.3) is 11.5 Å². The number of nitrogens with zero attached hydrogens (tertiary/aromatic N) is 3. The molecule has 2 aromatic rings. The molecule has 1 fully saturated rings. The minimum atomic E-state index is -0.456. The van der Waals surface area contributed by atoms with E-state index in [2.05, 4.69) is 15.5 Å². The highest BCUT2D eigenvalue weighted by molar-refractivity contribution is 5.74. The van der Waals surface area contributed by atoms with Crippen molar-refractivity contribution in [1.82, 2.24) is 20.4 Å². The van der Waals surface area contributed by atoms with E-state index in [-0.39, 0.29) is 19.4 Å². The Morgan fingerprint density at radius 1 is 1.36 bits per heavy atom. The van der Waals surface area contributed by atoms with Crippen molar-refractivity contribution >= 4 is 6.03 Å². The quantitative estimate of drug-likeness (QED) is 0.857. The summed E-state index contributed by atoms with van der Waals surface area (Å²) in [4.78, 5) is 18.0. The Labute approximate surface area is 143 Å². The van der Waals surface area contributed by atoms with Crippen molar-refractivity contribution < 1.29 is 23.9 Å². The van der Waals surface area contributed by atoms with E-state index < -0.39 is 6.10 Å². The molecule has 0 radical (unpaired) electrons. The molecule has 0 unspecified atom stereocenters. The normalized spacial score (nSPS) is 19.1. The summed E-state index contributed by atoms with van der Waals surface area (Å²) in [7, 11) is 0. The van der Waals surface area contributed by atoms with Crippen LogP contribution in [0.5, 0.6) is 11.5 Å². The van der Waals surface area contributed by atoms with E-state index in [0.717, 1.165) is 12.8 Å². The summed E-state index contributed by atoms with van der Waals surface area (Å²) in [5.74, 6) is 2.03. The summed E-state index contributed by atoms with van der Waals surface area (Å²) in [6.45, 7) is 1.34. The maximum Gasteiger partial charge on any atom is 0.317 e. The number of likely N-dealkylation sites (tertiary alicyclic amines) is 1. The Kier molecular flexibility index (Phi) is 4.14. The highest BCUT2D eigenvalue weighted by atomic mass is 16.7. The smallest absolute Gasteiger partial charge is 0.317 e. The van der Waals surface area contributed by atoms with E-state index in [0.29, 0.717) is 41.9 Å². The second kappa shape index (κ2) is 6.60. The lowest BCUT2D eigenvalue weighted by Gasteiger charge is -2.29. The number of carbonyl (C=O) groups excluding carboxylic acids is 1. The number of benzene rings is 1. The van der Waals surface area contributed by atoms with E-state index in [1.807, 2.05) is 0 Å². The molecule has 132 valence electrons. The van der Waals surface area contributed by atoms with Gasteiger partial charge in [0.1, 0.15) is 0 Å². The van der Waals surface area contributed by atoms with Gasteiger partial charge in [-0.2, -0.15) is 4.98 Å². The zero-order valence-electron chi connectivity index (χ0n) is 13.5. The van der Waals surface area contributed by atoms with Crippen LogP contribution in [0.2, 0.25) is 0 Å². The van der Waals surface area contributed by atoms with Gasteiger partial charge in [0.25, 0.3) is 5.89 Å². The average molecular weight is 346 g/mol. The number of ether oxygens (including phenoxy) is 2. The summed E-state index contributed by atoms with van der Waals surface area (Å²) in [6.07, 6.45) is 1.07. The van der Waals surface area contributed by atoms with Crippen molar-refractivity contribution in [2.45, 2.75) is 25.5 Å². The van der Waals surface area contributed by atoms with Crippen LogP contribution in [-0.4, -0.2) is 52.2 Å². The number of nitrogens with one attached hydrogen (secondary N) is 1. The monoisotopic (exact) mass is 346 g/mol. The van der Waals surface area contributed by atoms with Crippen molar-refractivity contribution in [3.8, 4) is 23.0 Å². The van der Waals surface area contributed by atoms with Gasteiger partial charge in [0.05, 0.1) is 12.6 Å². The Morgan fingerprint density at radius 2 is 2.24 bits per heavy atom. The molecule has 9 nitrogen and oxygen atoms in total. The Balaban J connectivity index is 1.37. The number of carbonyl (C=O) groups is 1. The second-order valence-corrected chi connectivity index (χ2v) is 5.98. The maximum absolute atomic E-state index is 12.1. The fraction of sp³-hybridized carbons (Fsp3) is 0.438. The third kappa shape index (κ3) is 3.36. The van der Waals surface area contributed by atoms with E-state index in [1.165, 1.54) is 0 Å². The van der Waals surface area contributed by atoms with Gasteiger partial charge in [-0.3, -0.25) is 0 Å². The largest absolute Gasteiger partial charge is 0.454 e. The van der Waals surface area contributed by atoms with Crippen LogP contribution in [0.1, 0.15) is 18.7 Å². The second-order valence-electron chi connectivity index (χ2n) is 5.98. The Morgan fingerprint density at radius 3 is 3.12 bits per heavy atom. The number of fused-ring (bicyclic) bond motifs is 1. The van der Waals surface area contributed by atoms with Crippen LogP contribution in [0.15, 0.2) is 22.7 Å². The Hall–Kier alpha value is -2.81. The number of aromatic nitrogens is 2. The number of aliphatic hydroxyl groups excluding tert-OH is 1. The van der Waals surface area contributed by atoms with Gasteiger partial charge in [0.15, 0.2) is 17.3 Å².